The highest BCUT2D eigenvalue weighted by molar-refractivity contribution is 14.1. The molecule has 2 bridgehead atoms. The third-order valence-corrected chi connectivity index (χ3v) is 4.30. The number of hydrogen-bond donors (Lipinski definition) is 2. The first-order valence-electron chi connectivity index (χ1n) is 7.59. The van der Waals surface area contributed by atoms with Gasteiger partial charge in [0.15, 0.2) is 0 Å². The van der Waals surface area contributed by atoms with Crippen molar-refractivity contribution in [1.29, 1.82) is 0 Å². The number of ketones is 1. The number of carboxylic acids is 1. The first-order valence-corrected chi connectivity index (χ1v) is 9.75. The quantitative estimate of drug-likeness (QED) is 0.325. The highest BCUT2D eigenvalue weighted by atomic mass is 127. The highest BCUT2D eigenvalue weighted by Gasteiger charge is 2.37. The number of carbonyl (C=O) groups excluding carboxylic acids is 1. The van der Waals surface area contributed by atoms with Crippen molar-refractivity contribution in [3.63, 3.8) is 0 Å². The fraction of sp³-hybridized carbons (Fsp3) is 0.529. The molecule has 2 aliphatic heterocycles. The van der Waals surface area contributed by atoms with Gasteiger partial charge in [-0.05, 0) is 37.7 Å². The predicted molar refractivity (Wildman–Crippen MR) is 98.2 cm³/mol. The molecular formula is C17H24INO4. The molecule has 0 amide bonds. The molecule has 128 valence electrons. The van der Waals surface area contributed by atoms with Crippen LogP contribution >= 0.6 is 22.6 Å². The second-order valence-corrected chi connectivity index (χ2v) is 5.68. The Labute approximate surface area is 150 Å². The summed E-state index contributed by atoms with van der Waals surface area (Å²) in [4.78, 5) is 25.3. The maximum atomic E-state index is 10.7. The SMILES string of the molecule is CI.CN1[C@@H]2CC[C@H]1CC(O)C2.O=C(O)C(=O)c1ccccc1. The van der Waals surface area contributed by atoms with Gasteiger partial charge in [0.05, 0.1) is 6.10 Å². The third kappa shape index (κ3) is 5.86. The van der Waals surface area contributed by atoms with Crippen molar-refractivity contribution in [1.82, 2.24) is 4.90 Å². The zero-order valence-corrected chi connectivity index (χ0v) is 15.6. The fourth-order valence-electron chi connectivity index (χ4n) is 3.10. The zero-order valence-electron chi connectivity index (χ0n) is 13.5. The zero-order chi connectivity index (χ0) is 17.4. The molecule has 2 saturated heterocycles. The van der Waals surface area contributed by atoms with Gasteiger partial charge in [0.1, 0.15) is 0 Å². The molecule has 1 aromatic carbocycles. The number of rotatable bonds is 2. The van der Waals surface area contributed by atoms with Crippen molar-refractivity contribution in [2.24, 2.45) is 0 Å². The molecule has 2 aliphatic rings. The number of hydrogen-bond acceptors (Lipinski definition) is 4. The summed E-state index contributed by atoms with van der Waals surface area (Å²) >= 11 is 2.15. The molecule has 0 aliphatic carbocycles. The first kappa shape index (κ1) is 20.1. The van der Waals surface area contributed by atoms with Crippen LogP contribution in [0.1, 0.15) is 36.0 Å². The molecule has 6 heteroatoms. The van der Waals surface area contributed by atoms with Gasteiger partial charge in [-0.1, -0.05) is 52.9 Å². The Morgan fingerprint density at radius 3 is 2.00 bits per heavy atom. The van der Waals surface area contributed by atoms with Gasteiger partial charge in [0, 0.05) is 17.6 Å². The Morgan fingerprint density at radius 1 is 1.09 bits per heavy atom. The average molecular weight is 433 g/mol. The third-order valence-electron chi connectivity index (χ3n) is 4.30. The van der Waals surface area contributed by atoms with Crippen LogP contribution in [0.3, 0.4) is 0 Å². The Balaban J connectivity index is 0.000000208. The Bertz CT molecular complexity index is 495. The lowest BCUT2D eigenvalue weighted by Crippen LogP contribution is -2.41. The number of carbonyl (C=O) groups is 2. The molecule has 2 N–H and O–H groups in total. The van der Waals surface area contributed by atoms with Crippen LogP contribution in [0.5, 0.6) is 0 Å². The molecule has 1 aromatic rings. The lowest BCUT2D eigenvalue weighted by molar-refractivity contribution is -0.131. The summed E-state index contributed by atoms with van der Waals surface area (Å²) in [7, 11) is 2.19. The standard InChI is InChI=1S/C8H15NO.C8H6O3.CH3I/c1-9-6-2-3-7(9)5-8(10)4-6;9-7(8(10)11)6-4-2-1-3-5-6;1-2/h6-8,10H,2-5H2,1H3;1-5H,(H,10,11);1H3/t6-,7+,8?;;. The minimum absolute atomic E-state index is 0.00583. The maximum Gasteiger partial charge on any atom is 0.377 e. The Morgan fingerprint density at radius 2 is 1.57 bits per heavy atom. The van der Waals surface area contributed by atoms with E-state index in [1.165, 1.54) is 25.0 Å². The molecule has 23 heavy (non-hydrogen) atoms. The molecule has 0 spiro atoms. The largest absolute Gasteiger partial charge is 0.475 e. The molecule has 5 nitrogen and oxygen atoms in total. The van der Waals surface area contributed by atoms with Gasteiger partial charge in [-0.2, -0.15) is 0 Å². The summed E-state index contributed by atoms with van der Waals surface area (Å²) in [5.41, 5.74) is 0.208. The molecule has 3 atom stereocenters. The molecule has 0 saturated carbocycles. The highest BCUT2D eigenvalue weighted by Crippen LogP contribution is 2.33. The normalized spacial score (nSPS) is 25.5. The summed E-state index contributed by atoms with van der Waals surface area (Å²) in [6.45, 7) is 0. The van der Waals surface area contributed by atoms with E-state index in [-0.39, 0.29) is 11.7 Å². The van der Waals surface area contributed by atoms with Crippen LogP contribution in [-0.4, -0.2) is 57.0 Å². The van der Waals surface area contributed by atoms with Crippen LogP contribution < -0.4 is 0 Å². The van der Waals surface area contributed by atoms with E-state index in [0.29, 0.717) is 12.1 Å². The monoisotopic (exact) mass is 433 g/mol. The average Bonchev–Trinajstić information content (AvgIpc) is 2.78. The van der Waals surface area contributed by atoms with Gasteiger partial charge in [-0.3, -0.25) is 4.79 Å². The van der Waals surface area contributed by atoms with Gasteiger partial charge in [-0.15, -0.1) is 0 Å². The van der Waals surface area contributed by atoms with E-state index >= 15 is 0 Å². The number of carboxylic acid groups (broad SMARTS) is 1. The molecule has 1 unspecified atom stereocenters. The van der Waals surface area contributed by atoms with Crippen molar-refractivity contribution in [2.75, 3.05) is 12.0 Å². The number of aliphatic carboxylic acids is 1. The van der Waals surface area contributed by atoms with Crippen molar-refractivity contribution in [3.8, 4) is 0 Å². The molecule has 2 fully saturated rings. The van der Waals surface area contributed by atoms with Crippen LogP contribution in [0.4, 0.5) is 0 Å². The second-order valence-electron chi connectivity index (χ2n) is 5.68. The fourth-order valence-corrected chi connectivity index (χ4v) is 3.10. The van der Waals surface area contributed by atoms with Crippen LogP contribution in [0.2, 0.25) is 0 Å². The maximum absolute atomic E-state index is 10.7. The molecule has 0 radical (unpaired) electrons. The van der Waals surface area contributed by atoms with E-state index in [2.05, 4.69) is 34.5 Å². The van der Waals surface area contributed by atoms with E-state index in [1.54, 1.807) is 18.2 Å². The number of benzene rings is 1. The van der Waals surface area contributed by atoms with E-state index in [4.69, 9.17) is 5.11 Å². The first-order chi connectivity index (χ1) is 11.0. The van der Waals surface area contributed by atoms with Crippen molar-refractivity contribution >= 4 is 34.3 Å². The topological polar surface area (TPSA) is 77.8 Å². The smallest absolute Gasteiger partial charge is 0.377 e. The van der Waals surface area contributed by atoms with Crippen LogP contribution in [0.15, 0.2) is 30.3 Å². The van der Waals surface area contributed by atoms with Gasteiger partial charge in [0.2, 0.25) is 0 Å². The predicted octanol–water partition coefficient (Wildman–Crippen LogP) is 2.61. The van der Waals surface area contributed by atoms with Crippen LogP contribution in [0.25, 0.3) is 0 Å². The minimum Gasteiger partial charge on any atom is -0.475 e. The summed E-state index contributed by atoms with van der Waals surface area (Å²) in [5.74, 6) is -2.29. The summed E-state index contributed by atoms with van der Waals surface area (Å²) in [6.07, 6.45) is 4.62. The number of aliphatic hydroxyl groups is 1. The molecule has 0 aromatic heterocycles. The summed E-state index contributed by atoms with van der Waals surface area (Å²) < 4.78 is 0. The summed E-state index contributed by atoms with van der Waals surface area (Å²) in [6, 6.07) is 9.28. The van der Waals surface area contributed by atoms with E-state index in [1.807, 2.05) is 4.93 Å². The molecule has 2 heterocycles. The number of aliphatic hydroxyl groups excluding tert-OH is 1. The second kappa shape index (κ2) is 10.00. The van der Waals surface area contributed by atoms with Gasteiger partial charge < -0.3 is 15.1 Å². The molecular weight excluding hydrogens is 409 g/mol. The number of alkyl halides is 1. The number of halogens is 1. The van der Waals surface area contributed by atoms with E-state index < -0.39 is 11.8 Å². The summed E-state index contributed by atoms with van der Waals surface area (Å²) in [5, 5.41) is 17.7. The van der Waals surface area contributed by atoms with Gasteiger partial charge >= 0.3 is 5.97 Å². The van der Waals surface area contributed by atoms with E-state index in [0.717, 1.165) is 12.8 Å². The lowest BCUT2D eigenvalue weighted by Gasteiger charge is -2.33. The number of fused-ring (bicyclic) bond motifs is 2. The van der Waals surface area contributed by atoms with Crippen molar-refractivity contribution < 1.29 is 19.8 Å². The lowest BCUT2D eigenvalue weighted by atomic mass is 10.0. The Kier molecular flexibility index (Phi) is 8.72. The number of Topliss-reactive ketones (excluding diaryl/α,β-unsaturated/α-hetero) is 1. The number of piperidine rings is 1. The molecule has 3 rings (SSSR count). The van der Waals surface area contributed by atoms with Crippen LogP contribution in [0, 0.1) is 0 Å². The minimum atomic E-state index is -1.42. The number of nitrogens with zero attached hydrogens (tertiary/aromatic N) is 1. The van der Waals surface area contributed by atoms with Crippen molar-refractivity contribution in [2.45, 2.75) is 43.9 Å². The van der Waals surface area contributed by atoms with Crippen molar-refractivity contribution in [3.05, 3.63) is 35.9 Å². The van der Waals surface area contributed by atoms with Gasteiger partial charge in [-0.25, -0.2) is 4.79 Å². The van der Waals surface area contributed by atoms with E-state index in [9.17, 15) is 14.7 Å². The van der Waals surface area contributed by atoms with Crippen LogP contribution in [-0.2, 0) is 4.79 Å². The van der Waals surface area contributed by atoms with Gasteiger partial charge in [0.25, 0.3) is 5.78 Å². The Hall–Kier alpha value is -0.990.